The lowest BCUT2D eigenvalue weighted by Crippen LogP contribution is -2.42. The minimum Gasteiger partial charge on any atom is -0.368 e. The second kappa shape index (κ2) is 14.9. The predicted molar refractivity (Wildman–Crippen MR) is 148 cm³/mol. The molecular formula is C24H32N6O4S2. The maximum Gasteiger partial charge on any atom is 0.332 e. The number of pyridine rings is 1. The van der Waals surface area contributed by atoms with Crippen LogP contribution in [0.1, 0.15) is 30.6 Å². The summed E-state index contributed by atoms with van der Waals surface area (Å²) in [7, 11) is 1.49. The van der Waals surface area contributed by atoms with Gasteiger partial charge in [-0.25, -0.2) is 14.7 Å². The first-order chi connectivity index (χ1) is 17.4. The number of primary amides is 1. The molecule has 0 atom stereocenters. The lowest BCUT2D eigenvalue weighted by molar-refractivity contribution is -0.113. The summed E-state index contributed by atoms with van der Waals surface area (Å²) in [4.78, 5) is 39.9. The third-order valence-corrected chi connectivity index (χ3v) is 6.33. The van der Waals surface area contributed by atoms with Crippen LogP contribution in [0.5, 0.6) is 0 Å². The van der Waals surface area contributed by atoms with Gasteiger partial charge >= 0.3 is 6.03 Å². The average molecular weight is 533 g/mol. The number of nitrogens with two attached hydrogens (primary N) is 1. The van der Waals surface area contributed by atoms with E-state index in [9.17, 15) is 14.4 Å². The van der Waals surface area contributed by atoms with Crippen LogP contribution in [0.4, 0.5) is 16.2 Å². The summed E-state index contributed by atoms with van der Waals surface area (Å²) in [6.45, 7) is 5.81. The number of aryl methyl sites for hydroxylation is 1. The number of anilines is 2. The van der Waals surface area contributed by atoms with Crippen molar-refractivity contribution in [3.05, 3.63) is 53.8 Å². The molecule has 194 valence electrons. The molecule has 2 aromatic rings. The number of nitrogens with one attached hydrogen (secondary N) is 3. The Balaban J connectivity index is 0.000000236. The van der Waals surface area contributed by atoms with Crippen molar-refractivity contribution in [3.8, 4) is 0 Å². The van der Waals surface area contributed by atoms with Crippen LogP contribution in [-0.2, 0) is 13.8 Å². The fraction of sp³-hybridized carbons (Fsp3) is 0.333. The van der Waals surface area contributed by atoms with Crippen LogP contribution in [-0.4, -0.2) is 43.0 Å². The Kier molecular flexibility index (Phi) is 12.0. The normalized spacial score (nSPS) is 15.5. The first-order valence-electron chi connectivity index (χ1n) is 11.3. The number of urea groups is 1. The van der Waals surface area contributed by atoms with Crippen molar-refractivity contribution >= 4 is 64.2 Å². The quantitative estimate of drug-likeness (QED) is 0.176. The molecule has 1 fully saturated rings. The smallest absolute Gasteiger partial charge is 0.332 e. The molecular weight excluding hydrogens is 500 g/mol. The van der Waals surface area contributed by atoms with Gasteiger partial charge in [0.25, 0.3) is 0 Å². The summed E-state index contributed by atoms with van der Waals surface area (Å²) in [5.74, 6) is 0.303. The summed E-state index contributed by atoms with van der Waals surface area (Å²) < 4.78 is 3.94. The zero-order chi connectivity index (χ0) is 26.5. The van der Waals surface area contributed by atoms with Crippen molar-refractivity contribution in [1.29, 1.82) is 0 Å². The molecule has 0 aromatic carbocycles. The standard InChI is InChI=1S/C14H12N4OS.C6H11NO.C3H5NO.CH4OS/c1-8-12-11-9(5-7-16-13(11)20-8)18(14(19)17-12)10-4-2-3-6-15-10;8-5-7-6-3-1-2-4-6;1-2-3(4)5;1-2-3/h2-5,7,15H,6H2,1H3,(H,17,19);5-6H,1-4H2,(H,7,8);2H,1H2,(H2,4,5);3H,1H3. The van der Waals surface area contributed by atoms with Gasteiger partial charge in [0.1, 0.15) is 10.7 Å². The lowest BCUT2D eigenvalue weighted by atomic mass is 10.1. The zero-order valence-corrected chi connectivity index (χ0v) is 22.0. The molecule has 1 saturated carbocycles. The Hall–Kier alpha value is -3.35. The monoisotopic (exact) mass is 532 g/mol. The van der Waals surface area contributed by atoms with Gasteiger partial charge in [0.2, 0.25) is 12.3 Å². The molecule has 2 aliphatic heterocycles. The van der Waals surface area contributed by atoms with E-state index in [1.165, 1.54) is 32.8 Å². The maximum absolute atomic E-state index is 12.4. The van der Waals surface area contributed by atoms with E-state index in [1.807, 2.05) is 31.2 Å². The van der Waals surface area contributed by atoms with Gasteiger partial charge in [-0.3, -0.25) is 9.59 Å². The summed E-state index contributed by atoms with van der Waals surface area (Å²) in [5.41, 5.74) is 6.31. The molecule has 0 radical (unpaired) electrons. The van der Waals surface area contributed by atoms with E-state index in [1.54, 1.807) is 22.4 Å². The number of hydrogen-bond acceptors (Lipinski definition) is 8. The van der Waals surface area contributed by atoms with E-state index in [4.69, 9.17) is 0 Å². The van der Waals surface area contributed by atoms with Crippen molar-refractivity contribution in [1.82, 2.24) is 15.6 Å². The third kappa shape index (κ3) is 7.83. The number of allylic oxidation sites excluding steroid dienone is 2. The van der Waals surface area contributed by atoms with Gasteiger partial charge < -0.3 is 25.9 Å². The number of aromatic nitrogens is 1. The number of thiophene rings is 1. The third-order valence-electron chi connectivity index (χ3n) is 5.31. The molecule has 1 aliphatic carbocycles. The molecule has 3 aliphatic rings. The van der Waals surface area contributed by atoms with Crippen LogP contribution < -0.4 is 26.6 Å². The fourth-order valence-electron chi connectivity index (χ4n) is 3.76. The van der Waals surface area contributed by atoms with Gasteiger partial charge in [0.15, 0.2) is 0 Å². The second-order valence-corrected chi connectivity index (χ2v) is 9.29. The first-order valence-corrected chi connectivity index (χ1v) is 12.4. The average Bonchev–Trinajstić information content (AvgIpc) is 3.50. The van der Waals surface area contributed by atoms with Crippen molar-refractivity contribution in [2.45, 2.75) is 38.6 Å². The fourth-order valence-corrected chi connectivity index (χ4v) is 4.73. The predicted octanol–water partition coefficient (Wildman–Crippen LogP) is 3.77. The van der Waals surface area contributed by atoms with Gasteiger partial charge in [0, 0.05) is 30.8 Å². The van der Waals surface area contributed by atoms with E-state index in [0.717, 1.165) is 51.3 Å². The van der Waals surface area contributed by atoms with E-state index >= 15 is 0 Å². The molecule has 0 saturated heterocycles. The lowest BCUT2D eigenvalue weighted by Gasteiger charge is -2.31. The first kappa shape index (κ1) is 28.9. The van der Waals surface area contributed by atoms with Crippen LogP contribution in [0.2, 0.25) is 0 Å². The van der Waals surface area contributed by atoms with Crippen LogP contribution in [0.25, 0.3) is 10.2 Å². The maximum atomic E-state index is 12.4. The highest BCUT2D eigenvalue weighted by atomic mass is 32.1. The number of dihydropyridines is 1. The Bertz CT molecular complexity index is 1130. The molecule has 12 heteroatoms. The molecule has 0 unspecified atom stereocenters. The van der Waals surface area contributed by atoms with Crippen LogP contribution in [0.15, 0.2) is 49.0 Å². The summed E-state index contributed by atoms with van der Waals surface area (Å²) in [6, 6.07) is 2.24. The topological polar surface area (TPSA) is 139 Å². The Morgan fingerprint density at radius 1 is 1.42 bits per heavy atom. The van der Waals surface area contributed by atoms with Crippen LogP contribution >= 0.6 is 24.2 Å². The molecule has 0 spiro atoms. The van der Waals surface area contributed by atoms with E-state index < -0.39 is 5.91 Å². The Labute approximate surface area is 220 Å². The number of thiol groups is 1. The molecule has 5 rings (SSSR count). The van der Waals surface area contributed by atoms with Gasteiger partial charge in [0.05, 0.1) is 16.8 Å². The number of rotatable bonds is 4. The molecule has 4 amide bonds. The molecule has 5 N–H and O–H groups in total. The van der Waals surface area contributed by atoms with Crippen molar-refractivity contribution < 1.29 is 18.6 Å². The van der Waals surface area contributed by atoms with Crippen molar-refractivity contribution in [2.75, 3.05) is 23.9 Å². The number of hydrogen-bond donors (Lipinski definition) is 5. The van der Waals surface area contributed by atoms with Gasteiger partial charge in [-0.1, -0.05) is 31.6 Å². The molecule has 36 heavy (non-hydrogen) atoms. The van der Waals surface area contributed by atoms with Gasteiger partial charge in [-0.2, -0.15) is 0 Å². The molecule has 2 aromatic heterocycles. The number of carbonyl (C=O) groups is 3. The van der Waals surface area contributed by atoms with Crippen molar-refractivity contribution in [3.63, 3.8) is 0 Å². The summed E-state index contributed by atoms with van der Waals surface area (Å²) in [6.07, 6.45) is 14.4. The Morgan fingerprint density at radius 3 is 2.64 bits per heavy atom. The van der Waals surface area contributed by atoms with Gasteiger partial charge in [-0.15, -0.1) is 11.3 Å². The largest absolute Gasteiger partial charge is 0.368 e. The number of amides is 4. The molecule has 0 bridgehead atoms. The SMILES string of the molecule is C=CC(N)=O.COS.Cc1sc2nccc3c2c1NC(=O)N3C1=CC=CCN1.O=CNC1CCCC1. The molecule has 4 heterocycles. The number of nitrogens with zero attached hydrogens (tertiary/aromatic N) is 2. The summed E-state index contributed by atoms with van der Waals surface area (Å²) >= 11 is 4.89. The second-order valence-electron chi connectivity index (χ2n) is 7.72. The van der Waals surface area contributed by atoms with Crippen LogP contribution in [0, 0.1) is 6.92 Å². The Morgan fingerprint density at radius 2 is 2.08 bits per heavy atom. The number of carbonyl (C=O) groups excluding carboxylic acids is 3. The highest BCUT2D eigenvalue weighted by Gasteiger charge is 2.30. The van der Waals surface area contributed by atoms with E-state index in [0.29, 0.717) is 6.04 Å². The molecule has 10 nitrogen and oxygen atoms in total. The van der Waals surface area contributed by atoms with Crippen LogP contribution in [0.3, 0.4) is 0 Å². The minimum atomic E-state index is -0.481. The van der Waals surface area contributed by atoms with Crippen molar-refractivity contribution in [2.24, 2.45) is 5.73 Å². The zero-order valence-electron chi connectivity index (χ0n) is 20.3. The van der Waals surface area contributed by atoms with E-state index in [2.05, 4.69) is 50.3 Å². The highest BCUT2D eigenvalue weighted by Crippen LogP contribution is 2.43. The minimum absolute atomic E-state index is 0.138. The van der Waals surface area contributed by atoms with E-state index in [-0.39, 0.29) is 6.03 Å². The summed E-state index contributed by atoms with van der Waals surface area (Å²) in [5, 5.41) is 9.98. The highest BCUT2D eigenvalue weighted by molar-refractivity contribution is 7.75. The van der Waals surface area contributed by atoms with Gasteiger partial charge in [-0.05, 0) is 50.9 Å².